The first-order valence-corrected chi connectivity index (χ1v) is 6.59. The molecule has 1 aromatic carbocycles. The molecule has 0 saturated heterocycles. The summed E-state index contributed by atoms with van der Waals surface area (Å²) >= 11 is 0. The standard InChI is InChI=1S/C15H23NO/c1-10-7-11(2)9-13(8-10)15(17)12-3-5-14(16)6-4-12/h3-6,10-11,13,15,17H,7-9,16H2,1-2H3. The number of anilines is 1. The van der Waals surface area contributed by atoms with Gasteiger partial charge in [0.25, 0.3) is 0 Å². The highest BCUT2D eigenvalue weighted by Gasteiger charge is 2.29. The minimum absolute atomic E-state index is 0.333. The Bertz CT molecular complexity index is 350. The second-order valence-electron chi connectivity index (χ2n) is 5.79. The van der Waals surface area contributed by atoms with Gasteiger partial charge >= 0.3 is 0 Å². The molecule has 2 rings (SSSR count). The van der Waals surface area contributed by atoms with Crippen LogP contribution in [0.5, 0.6) is 0 Å². The summed E-state index contributed by atoms with van der Waals surface area (Å²) in [5, 5.41) is 10.4. The molecule has 0 amide bonds. The van der Waals surface area contributed by atoms with Gasteiger partial charge in [-0.25, -0.2) is 0 Å². The van der Waals surface area contributed by atoms with Gasteiger partial charge in [-0.05, 0) is 54.7 Å². The fourth-order valence-corrected chi connectivity index (χ4v) is 3.23. The maximum atomic E-state index is 10.4. The molecule has 17 heavy (non-hydrogen) atoms. The molecule has 3 unspecified atom stereocenters. The fourth-order valence-electron chi connectivity index (χ4n) is 3.23. The minimum Gasteiger partial charge on any atom is -0.399 e. The Balaban J connectivity index is 2.08. The van der Waals surface area contributed by atoms with Crippen LogP contribution in [0.2, 0.25) is 0 Å². The number of hydrogen-bond acceptors (Lipinski definition) is 2. The molecular formula is C15H23NO. The molecule has 94 valence electrons. The molecule has 0 aromatic heterocycles. The molecule has 3 atom stereocenters. The number of rotatable bonds is 2. The van der Waals surface area contributed by atoms with Crippen molar-refractivity contribution < 1.29 is 5.11 Å². The van der Waals surface area contributed by atoms with E-state index < -0.39 is 0 Å². The summed E-state index contributed by atoms with van der Waals surface area (Å²) in [7, 11) is 0. The van der Waals surface area contributed by atoms with Crippen LogP contribution in [0, 0.1) is 17.8 Å². The van der Waals surface area contributed by atoms with Gasteiger partial charge in [0, 0.05) is 5.69 Å². The Hall–Kier alpha value is -1.02. The van der Waals surface area contributed by atoms with E-state index in [1.165, 1.54) is 6.42 Å². The number of nitrogens with two attached hydrogens (primary N) is 1. The minimum atomic E-state index is -0.333. The Morgan fingerprint density at radius 2 is 1.59 bits per heavy atom. The molecule has 1 aliphatic carbocycles. The van der Waals surface area contributed by atoms with Crippen LogP contribution in [-0.4, -0.2) is 5.11 Å². The lowest BCUT2D eigenvalue weighted by molar-refractivity contribution is 0.0552. The molecule has 0 radical (unpaired) electrons. The second-order valence-corrected chi connectivity index (χ2v) is 5.79. The average molecular weight is 233 g/mol. The first-order chi connectivity index (χ1) is 8.06. The van der Waals surface area contributed by atoms with Gasteiger partial charge in [0.15, 0.2) is 0 Å². The van der Waals surface area contributed by atoms with Gasteiger partial charge in [-0.15, -0.1) is 0 Å². The van der Waals surface area contributed by atoms with E-state index in [4.69, 9.17) is 5.73 Å². The summed E-state index contributed by atoms with van der Waals surface area (Å²) in [5.41, 5.74) is 7.43. The lowest BCUT2D eigenvalue weighted by Crippen LogP contribution is -2.24. The number of aliphatic hydroxyl groups excluding tert-OH is 1. The van der Waals surface area contributed by atoms with Gasteiger partial charge in [-0.2, -0.15) is 0 Å². The van der Waals surface area contributed by atoms with Gasteiger partial charge < -0.3 is 10.8 Å². The maximum absolute atomic E-state index is 10.4. The predicted molar refractivity (Wildman–Crippen MR) is 71.5 cm³/mol. The summed E-state index contributed by atoms with van der Waals surface area (Å²) in [6.07, 6.45) is 3.23. The molecule has 0 heterocycles. The Labute approximate surface area is 104 Å². The zero-order valence-corrected chi connectivity index (χ0v) is 10.8. The van der Waals surface area contributed by atoms with Crippen molar-refractivity contribution in [2.24, 2.45) is 17.8 Å². The van der Waals surface area contributed by atoms with Crippen LogP contribution in [0.15, 0.2) is 24.3 Å². The van der Waals surface area contributed by atoms with Crippen molar-refractivity contribution in [1.82, 2.24) is 0 Å². The van der Waals surface area contributed by atoms with Crippen molar-refractivity contribution in [2.75, 3.05) is 5.73 Å². The topological polar surface area (TPSA) is 46.2 Å². The molecule has 1 saturated carbocycles. The number of hydrogen-bond donors (Lipinski definition) is 2. The summed E-state index contributed by atoms with van der Waals surface area (Å²) in [6, 6.07) is 7.64. The third-order valence-electron chi connectivity index (χ3n) is 3.94. The highest BCUT2D eigenvalue weighted by atomic mass is 16.3. The van der Waals surface area contributed by atoms with E-state index >= 15 is 0 Å². The van der Waals surface area contributed by atoms with Crippen LogP contribution in [-0.2, 0) is 0 Å². The Kier molecular flexibility index (Phi) is 3.72. The van der Waals surface area contributed by atoms with Gasteiger partial charge in [-0.1, -0.05) is 26.0 Å². The lowest BCUT2D eigenvalue weighted by Gasteiger charge is -2.34. The Morgan fingerprint density at radius 3 is 2.12 bits per heavy atom. The van der Waals surface area contributed by atoms with Gasteiger partial charge in [0.2, 0.25) is 0 Å². The molecular weight excluding hydrogens is 210 g/mol. The largest absolute Gasteiger partial charge is 0.399 e. The first-order valence-electron chi connectivity index (χ1n) is 6.59. The van der Waals surface area contributed by atoms with Gasteiger partial charge in [-0.3, -0.25) is 0 Å². The molecule has 2 nitrogen and oxygen atoms in total. The number of benzene rings is 1. The number of nitrogen functional groups attached to an aromatic ring is 1. The van der Waals surface area contributed by atoms with Crippen LogP contribution in [0.25, 0.3) is 0 Å². The fraction of sp³-hybridized carbons (Fsp3) is 0.600. The van der Waals surface area contributed by atoms with Crippen LogP contribution in [0.4, 0.5) is 5.69 Å². The highest BCUT2D eigenvalue weighted by Crippen LogP contribution is 2.39. The smallest absolute Gasteiger partial charge is 0.0818 e. The van der Waals surface area contributed by atoms with Crippen LogP contribution in [0.3, 0.4) is 0 Å². The van der Waals surface area contributed by atoms with E-state index in [0.29, 0.717) is 5.92 Å². The van der Waals surface area contributed by atoms with E-state index in [1.807, 2.05) is 24.3 Å². The Morgan fingerprint density at radius 1 is 1.06 bits per heavy atom. The van der Waals surface area contributed by atoms with Crippen molar-refractivity contribution in [3.05, 3.63) is 29.8 Å². The molecule has 0 bridgehead atoms. The van der Waals surface area contributed by atoms with E-state index in [2.05, 4.69) is 13.8 Å². The second kappa shape index (κ2) is 5.09. The van der Waals surface area contributed by atoms with Crippen LogP contribution >= 0.6 is 0 Å². The lowest BCUT2D eigenvalue weighted by atomic mass is 9.73. The molecule has 1 aromatic rings. The van der Waals surface area contributed by atoms with E-state index in [9.17, 15) is 5.11 Å². The molecule has 1 fully saturated rings. The van der Waals surface area contributed by atoms with Gasteiger partial charge in [0.05, 0.1) is 6.10 Å². The predicted octanol–water partition coefficient (Wildman–Crippen LogP) is 3.37. The van der Waals surface area contributed by atoms with Gasteiger partial charge in [0.1, 0.15) is 0 Å². The molecule has 0 spiro atoms. The molecule has 0 aliphatic heterocycles. The quantitative estimate of drug-likeness (QED) is 0.769. The SMILES string of the molecule is CC1CC(C)CC(C(O)c2ccc(N)cc2)C1. The number of aliphatic hydroxyl groups is 1. The van der Waals surface area contributed by atoms with E-state index in [0.717, 1.165) is 35.9 Å². The summed E-state index contributed by atoms with van der Waals surface area (Å²) in [6.45, 7) is 4.58. The maximum Gasteiger partial charge on any atom is 0.0818 e. The van der Waals surface area contributed by atoms with Crippen molar-refractivity contribution in [2.45, 2.75) is 39.2 Å². The first kappa shape index (κ1) is 12.4. The molecule has 1 aliphatic rings. The third kappa shape index (κ3) is 3.01. The van der Waals surface area contributed by atoms with Crippen LogP contribution in [0.1, 0.15) is 44.8 Å². The van der Waals surface area contributed by atoms with Crippen molar-refractivity contribution >= 4 is 5.69 Å². The summed E-state index contributed by atoms with van der Waals surface area (Å²) < 4.78 is 0. The summed E-state index contributed by atoms with van der Waals surface area (Å²) in [4.78, 5) is 0. The van der Waals surface area contributed by atoms with Crippen molar-refractivity contribution in [3.8, 4) is 0 Å². The zero-order chi connectivity index (χ0) is 12.4. The normalized spacial score (nSPS) is 31.1. The van der Waals surface area contributed by atoms with E-state index in [1.54, 1.807) is 0 Å². The molecule has 2 heteroatoms. The van der Waals surface area contributed by atoms with Crippen LogP contribution < -0.4 is 5.73 Å². The third-order valence-corrected chi connectivity index (χ3v) is 3.94. The summed E-state index contributed by atoms with van der Waals surface area (Å²) in [5.74, 6) is 1.86. The average Bonchev–Trinajstić information content (AvgIpc) is 2.28. The zero-order valence-electron chi connectivity index (χ0n) is 10.8. The van der Waals surface area contributed by atoms with Crippen molar-refractivity contribution in [1.29, 1.82) is 0 Å². The van der Waals surface area contributed by atoms with Crippen molar-refractivity contribution in [3.63, 3.8) is 0 Å². The molecule has 3 N–H and O–H groups in total. The van der Waals surface area contributed by atoms with E-state index in [-0.39, 0.29) is 6.10 Å². The highest BCUT2D eigenvalue weighted by molar-refractivity contribution is 5.39. The monoisotopic (exact) mass is 233 g/mol.